The van der Waals surface area contributed by atoms with Crippen LogP contribution in [0.1, 0.15) is 16.1 Å². The van der Waals surface area contributed by atoms with Crippen molar-refractivity contribution in [1.82, 2.24) is 15.3 Å². The zero-order valence-electron chi connectivity index (χ0n) is 12.7. The molecule has 120 valence electrons. The minimum atomic E-state index is -0.191. The standard InChI is InChI=1S/C18H15BrN4O/c19-16-6-1-2-7-17(16)23-15-9-13(10-20-11-15)18(24)22-12-14-5-3-4-8-21-14/h1-11,23H,12H2,(H,22,24). The first kappa shape index (κ1) is 16.1. The lowest BCUT2D eigenvalue weighted by Gasteiger charge is -2.10. The van der Waals surface area contributed by atoms with Crippen LogP contribution in [0.15, 0.2) is 71.6 Å². The summed E-state index contributed by atoms with van der Waals surface area (Å²) in [6.07, 6.45) is 4.92. The summed E-state index contributed by atoms with van der Waals surface area (Å²) < 4.78 is 0.940. The lowest BCUT2D eigenvalue weighted by molar-refractivity contribution is 0.0950. The van der Waals surface area contributed by atoms with E-state index in [0.717, 1.165) is 21.5 Å². The van der Waals surface area contributed by atoms with Gasteiger partial charge in [0.2, 0.25) is 0 Å². The number of rotatable bonds is 5. The molecule has 0 saturated heterocycles. The van der Waals surface area contributed by atoms with E-state index in [2.05, 4.69) is 36.5 Å². The molecule has 3 rings (SSSR count). The van der Waals surface area contributed by atoms with Crippen molar-refractivity contribution in [3.63, 3.8) is 0 Å². The average molecular weight is 383 g/mol. The van der Waals surface area contributed by atoms with Crippen LogP contribution in [0.3, 0.4) is 0 Å². The predicted octanol–water partition coefficient (Wildman–Crippen LogP) is 3.91. The number of nitrogens with one attached hydrogen (secondary N) is 2. The molecule has 5 nitrogen and oxygen atoms in total. The molecule has 0 atom stereocenters. The number of hydrogen-bond donors (Lipinski definition) is 2. The first-order valence-electron chi connectivity index (χ1n) is 7.37. The molecule has 2 N–H and O–H groups in total. The van der Waals surface area contributed by atoms with Gasteiger partial charge >= 0.3 is 0 Å². The summed E-state index contributed by atoms with van der Waals surface area (Å²) in [5.41, 5.74) is 2.95. The number of benzene rings is 1. The third kappa shape index (κ3) is 4.17. The zero-order valence-corrected chi connectivity index (χ0v) is 14.3. The first-order valence-corrected chi connectivity index (χ1v) is 8.16. The minimum absolute atomic E-state index is 0.191. The molecule has 0 aliphatic carbocycles. The Labute approximate surface area is 148 Å². The highest BCUT2D eigenvalue weighted by Crippen LogP contribution is 2.25. The molecule has 0 bridgehead atoms. The second-order valence-electron chi connectivity index (χ2n) is 5.07. The molecule has 0 saturated carbocycles. The Morgan fingerprint density at radius 1 is 1.08 bits per heavy atom. The quantitative estimate of drug-likeness (QED) is 0.701. The smallest absolute Gasteiger partial charge is 0.253 e. The SMILES string of the molecule is O=C(NCc1ccccn1)c1cncc(Nc2ccccc2Br)c1. The van der Waals surface area contributed by atoms with Gasteiger partial charge in [0.15, 0.2) is 0 Å². The molecule has 0 aliphatic heterocycles. The monoisotopic (exact) mass is 382 g/mol. The Morgan fingerprint density at radius 2 is 1.92 bits per heavy atom. The van der Waals surface area contributed by atoms with Crippen molar-refractivity contribution in [3.05, 3.63) is 82.9 Å². The lowest BCUT2D eigenvalue weighted by Crippen LogP contribution is -2.23. The van der Waals surface area contributed by atoms with Crippen LogP contribution in [-0.4, -0.2) is 15.9 Å². The highest BCUT2D eigenvalue weighted by molar-refractivity contribution is 9.10. The van der Waals surface area contributed by atoms with Crippen LogP contribution < -0.4 is 10.6 Å². The van der Waals surface area contributed by atoms with Crippen molar-refractivity contribution < 1.29 is 4.79 Å². The normalized spacial score (nSPS) is 10.2. The van der Waals surface area contributed by atoms with Crippen LogP contribution in [0.4, 0.5) is 11.4 Å². The van der Waals surface area contributed by atoms with Crippen molar-refractivity contribution in [2.24, 2.45) is 0 Å². The van der Waals surface area contributed by atoms with Crippen molar-refractivity contribution in [3.8, 4) is 0 Å². The van der Waals surface area contributed by atoms with Gasteiger partial charge in [-0.15, -0.1) is 0 Å². The van der Waals surface area contributed by atoms with Crippen LogP contribution in [0.25, 0.3) is 0 Å². The second kappa shape index (κ2) is 7.70. The van der Waals surface area contributed by atoms with Gasteiger partial charge in [0.05, 0.1) is 35.4 Å². The van der Waals surface area contributed by atoms with Crippen molar-refractivity contribution in [2.75, 3.05) is 5.32 Å². The summed E-state index contributed by atoms with van der Waals surface area (Å²) >= 11 is 3.48. The highest BCUT2D eigenvalue weighted by atomic mass is 79.9. The predicted molar refractivity (Wildman–Crippen MR) is 97.1 cm³/mol. The Kier molecular flexibility index (Phi) is 5.18. The van der Waals surface area contributed by atoms with E-state index in [0.29, 0.717) is 12.1 Å². The first-order chi connectivity index (χ1) is 11.7. The summed E-state index contributed by atoms with van der Waals surface area (Å²) in [6, 6.07) is 15.1. The number of amides is 1. The minimum Gasteiger partial charge on any atom is -0.353 e. The molecule has 2 heterocycles. The molecular formula is C18H15BrN4O. The number of carbonyl (C=O) groups is 1. The van der Waals surface area contributed by atoms with Crippen LogP contribution >= 0.6 is 15.9 Å². The molecule has 0 spiro atoms. The van der Waals surface area contributed by atoms with Crippen LogP contribution in [0.5, 0.6) is 0 Å². The summed E-state index contributed by atoms with van der Waals surface area (Å²) in [4.78, 5) is 20.6. The van der Waals surface area contributed by atoms with Gasteiger partial charge in [0, 0.05) is 16.9 Å². The van der Waals surface area contributed by atoms with Gasteiger partial charge in [-0.1, -0.05) is 18.2 Å². The zero-order chi connectivity index (χ0) is 16.8. The van der Waals surface area contributed by atoms with E-state index >= 15 is 0 Å². The number of halogens is 1. The number of anilines is 2. The number of aromatic nitrogens is 2. The average Bonchev–Trinajstić information content (AvgIpc) is 2.63. The van der Waals surface area contributed by atoms with Crippen LogP contribution in [-0.2, 0) is 6.54 Å². The fourth-order valence-electron chi connectivity index (χ4n) is 2.13. The fourth-order valence-corrected chi connectivity index (χ4v) is 2.51. The Hall–Kier alpha value is -2.73. The molecule has 24 heavy (non-hydrogen) atoms. The maximum Gasteiger partial charge on any atom is 0.253 e. The molecule has 6 heteroatoms. The van der Waals surface area contributed by atoms with Crippen molar-refractivity contribution in [1.29, 1.82) is 0 Å². The number of para-hydroxylation sites is 1. The third-order valence-corrected chi connectivity index (χ3v) is 4.00. The van der Waals surface area contributed by atoms with E-state index in [1.807, 2.05) is 42.5 Å². The molecule has 3 aromatic rings. The molecule has 0 aliphatic rings. The molecule has 1 amide bonds. The summed E-state index contributed by atoms with van der Waals surface area (Å²) in [6.45, 7) is 0.377. The Balaban J connectivity index is 1.68. The number of hydrogen-bond acceptors (Lipinski definition) is 4. The number of nitrogens with zero attached hydrogens (tertiary/aromatic N) is 2. The molecule has 2 aromatic heterocycles. The Morgan fingerprint density at radius 3 is 2.71 bits per heavy atom. The van der Waals surface area contributed by atoms with Gasteiger partial charge in [-0.2, -0.15) is 0 Å². The maximum atomic E-state index is 12.3. The summed E-state index contributed by atoms with van der Waals surface area (Å²) in [7, 11) is 0. The van der Waals surface area contributed by atoms with Gasteiger partial charge in [-0.3, -0.25) is 14.8 Å². The summed E-state index contributed by atoms with van der Waals surface area (Å²) in [5, 5.41) is 6.08. The molecular weight excluding hydrogens is 368 g/mol. The molecule has 1 aromatic carbocycles. The third-order valence-electron chi connectivity index (χ3n) is 3.31. The second-order valence-corrected chi connectivity index (χ2v) is 5.93. The van der Waals surface area contributed by atoms with E-state index in [-0.39, 0.29) is 5.91 Å². The van der Waals surface area contributed by atoms with Gasteiger partial charge in [-0.05, 0) is 46.3 Å². The maximum absolute atomic E-state index is 12.3. The number of carbonyl (C=O) groups excluding carboxylic acids is 1. The molecule has 0 unspecified atom stereocenters. The largest absolute Gasteiger partial charge is 0.353 e. The molecule has 0 fully saturated rings. The highest BCUT2D eigenvalue weighted by Gasteiger charge is 2.08. The van der Waals surface area contributed by atoms with E-state index in [1.165, 1.54) is 0 Å². The molecule has 0 radical (unpaired) electrons. The van der Waals surface area contributed by atoms with E-state index < -0.39 is 0 Å². The number of pyridine rings is 2. The van der Waals surface area contributed by atoms with Gasteiger partial charge in [-0.25, -0.2) is 0 Å². The van der Waals surface area contributed by atoms with E-state index in [4.69, 9.17) is 0 Å². The van der Waals surface area contributed by atoms with Crippen LogP contribution in [0, 0.1) is 0 Å². The van der Waals surface area contributed by atoms with E-state index in [9.17, 15) is 4.79 Å². The van der Waals surface area contributed by atoms with Crippen LogP contribution in [0.2, 0.25) is 0 Å². The van der Waals surface area contributed by atoms with Crippen molar-refractivity contribution >= 4 is 33.2 Å². The van der Waals surface area contributed by atoms with Gasteiger partial charge in [0.1, 0.15) is 0 Å². The lowest BCUT2D eigenvalue weighted by atomic mass is 10.2. The fraction of sp³-hybridized carbons (Fsp3) is 0.0556. The van der Waals surface area contributed by atoms with E-state index in [1.54, 1.807) is 24.7 Å². The van der Waals surface area contributed by atoms with Crippen molar-refractivity contribution in [2.45, 2.75) is 6.54 Å². The van der Waals surface area contributed by atoms with Gasteiger partial charge in [0.25, 0.3) is 5.91 Å². The topological polar surface area (TPSA) is 66.9 Å². The van der Waals surface area contributed by atoms with Gasteiger partial charge < -0.3 is 10.6 Å². The Bertz CT molecular complexity index is 839. The summed E-state index contributed by atoms with van der Waals surface area (Å²) in [5.74, 6) is -0.191.